The standard InChI is InChI=1S/C22H33N5OS.HI/c1-4-23-22(24-16-18-7-5-8-19(15-18)26(2)3)25-17-20(21-9-6-14-29-21)27-10-12-28-13-11-27;/h5-9,14-15,20H,4,10-13,16-17H2,1-3H3,(H2,23,24,25);1H. The SMILES string of the molecule is CCNC(=NCc1cccc(N(C)C)c1)NCC(c1cccs1)N1CCOCC1.I. The zero-order valence-electron chi connectivity index (χ0n) is 18.1. The number of halogens is 1. The van der Waals surface area contributed by atoms with Crippen molar-refractivity contribution in [3.8, 4) is 0 Å². The number of thiophene rings is 1. The summed E-state index contributed by atoms with van der Waals surface area (Å²) >= 11 is 1.82. The summed E-state index contributed by atoms with van der Waals surface area (Å²) < 4.78 is 5.55. The summed E-state index contributed by atoms with van der Waals surface area (Å²) in [5, 5.41) is 9.10. The minimum Gasteiger partial charge on any atom is -0.379 e. The van der Waals surface area contributed by atoms with E-state index in [1.807, 2.05) is 11.3 Å². The van der Waals surface area contributed by atoms with Gasteiger partial charge in [0.05, 0.1) is 25.8 Å². The smallest absolute Gasteiger partial charge is 0.191 e. The van der Waals surface area contributed by atoms with Crippen LogP contribution in [-0.2, 0) is 11.3 Å². The molecule has 0 radical (unpaired) electrons. The molecule has 1 aliphatic heterocycles. The van der Waals surface area contributed by atoms with Crippen LogP contribution in [0.5, 0.6) is 0 Å². The molecule has 0 saturated carbocycles. The van der Waals surface area contributed by atoms with Gasteiger partial charge >= 0.3 is 0 Å². The second-order valence-electron chi connectivity index (χ2n) is 7.32. The fourth-order valence-corrected chi connectivity index (χ4v) is 4.28. The lowest BCUT2D eigenvalue weighted by atomic mass is 10.2. The highest BCUT2D eigenvalue weighted by Crippen LogP contribution is 2.25. The number of morpholine rings is 1. The average Bonchev–Trinajstić information content (AvgIpc) is 3.27. The first-order chi connectivity index (χ1) is 14.2. The zero-order valence-corrected chi connectivity index (χ0v) is 21.3. The quantitative estimate of drug-likeness (QED) is 0.303. The molecule has 2 heterocycles. The van der Waals surface area contributed by atoms with Gasteiger partial charge in [0.15, 0.2) is 5.96 Å². The van der Waals surface area contributed by atoms with Gasteiger partial charge in [0, 0.05) is 50.8 Å². The third-order valence-electron chi connectivity index (χ3n) is 5.01. The first-order valence-corrected chi connectivity index (χ1v) is 11.2. The molecule has 0 aliphatic carbocycles. The molecule has 30 heavy (non-hydrogen) atoms. The molecule has 1 unspecified atom stereocenters. The monoisotopic (exact) mass is 543 g/mol. The number of hydrogen-bond acceptors (Lipinski definition) is 5. The molecule has 0 spiro atoms. The van der Waals surface area contributed by atoms with Crippen LogP contribution in [0.25, 0.3) is 0 Å². The number of aliphatic imine (C=N–C) groups is 1. The van der Waals surface area contributed by atoms with Crippen molar-refractivity contribution in [1.29, 1.82) is 0 Å². The Hall–Kier alpha value is -1.36. The molecule has 1 atom stereocenters. The summed E-state index contributed by atoms with van der Waals surface area (Å²) in [5.74, 6) is 0.859. The molecule has 1 aliphatic rings. The molecule has 2 N–H and O–H groups in total. The summed E-state index contributed by atoms with van der Waals surface area (Å²) in [6, 6.07) is 13.2. The lowest BCUT2D eigenvalue weighted by Crippen LogP contribution is -2.46. The van der Waals surface area contributed by atoms with Gasteiger partial charge in [-0.05, 0) is 36.1 Å². The maximum atomic E-state index is 5.55. The molecule has 6 nitrogen and oxygen atoms in total. The number of anilines is 1. The number of guanidine groups is 1. The average molecular weight is 544 g/mol. The normalized spacial score (nSPS) is 15.9. The highest BCUT2D eigenvalue weighted by atomic mass is 127. The van der Waals surface area contributed by atoms with Gasteiger partial charge in [-0.2, -0.15) is 0 Å². The van der Waals surface area contributed by atoms with E-state index in [1.54, 1.807) is 0 Å². The first-order valence-electron chi connectivity index (χ1n) is 10.3. The fraction of sp³-hybridized carbons (Fsp3) is 0.500. The fourth-order valence-electron chi connectivity index (χ4n) is 3.42. The maximum Gasteiger partial charge on any atom is 0.191 e. The largest absolute Gasteiger partial charge is 0.379 e. The Morgan fingerprint density at radius 2 is 2.00 bits per heavy atom. The molecule has 0 bridgehead atoms. The van der Waals surface area contributed by atoms with E-state index in [0.29, 0.717) is 12.6 Å². The minimum absolute atomic E-state index is 0. The van der Waals surface area contributed by atoms with Crippen molar-refractivity contribution in [2.45, 2.75) is 19.5 Å². The Morgan fingerprint density at radius 1 is 1.20 bits per heavy atom. The predicted octanol–water partition coefficient (Wildman–Crippen LogP) is 3.56. The second-order valence-corrected chi connectivity index (χ2v) is 8.30. The molecule has 2 aromatic rings. The van der Waals surface area contributed by atoms with Crippen LogP contribution in [0.2, 0.25) is 0 Å². The summed E-state index contributed by atoms with van der Waals surface area (Å²) in [5.41, 5.74) is 2.40. The van der Waals surface area contributed by atoms with Crippen molar-refractivity contribution < 1.29 is 4.74 Å². The number of benzene rings is 1. The zero-order chi connectivity index (χ0) is 20.5. The van der Waals surface area contributed by atoms with Crippen LogP contribution in [0.3, 0.4) is 0 Å². The third-order valence-corrected chi connectivity index (χ3v) is 5.99. The van der Waals surface area contributed by atoms with Crippen molar-refractivity contribution in [2.75, 3.05) is 58.4 Å². The number of rotatable bonds is 8. The molecule has 8 heteroatoms. The van der Waals surface area contributed by atoms with Gasteiger partial charge < -0.3 is 20.3 Å². The Bertz CT molecular complexity index is 763. The molecular formula is C22H34IN5OS. The van der Waals surface area contributed by atoms with Crippen LogP contribution < -0.4 is 15.5 Å². The maximum absolute atomic E-state index is 5.55. The lowest BCUT2D eigenvalue weighted by Gasteiger charge is -2.34. The summed E-state index contributed by atoms with van der Waals surface area (Å²) in [7, 11) is 4.12. The van der Waals surface area contributed by atoms with E-state index >= 15 is 0 Å². The van der Waals surface area contributed by atoms with Crippen molar-refractivity contribution in [3.05, 3.63) is 52.2 Å². The number of hydrogen-bond donors (Lipinski definition) is 2. The van der Waals surface area contributed by atoms with E-state index in [-0.39, 0.29) is 24.0 Å². The van der Waals surface area contributed by atoms with Crippen molar-refractivity contribution in [1.82, 2.24) is 15.5 Å². The second kappa shape index (κ2) is 13.1. The van der Waals surface area contributed by atoms with Crippen LogP contribution in [0.1, 0.15) is 23.4 Å². The van der Waals surface area contributed by atoms with E-state index < -0.39 is 0 Å². The Labute approximate surface area is 201 Å². The van der Waals surface area contributed by atoms with Gasteiger partial charge in [-0.25, -0.2) is 4.99 Å². The van der Waals surface area contributed by atoms with Crippen molar-refractivity contribution >= 4 is 47.0 Å². The molecule has 1 saturated heterocycles. The van der Waals surface area contributed by atoms with Gasteiger partial charge in [0.25, 0.3) is 0 Å². The topological polar surface area (TPSA) is 52.1 Å². The molecule has 1 fully saturated rings. The van der Waals surface area contributed by atoms with Crippen LogP contribution in [0.4, 0.5) is 5.69 Å². The van der Waals surface area contributed by atoms with Crippen LogP contribution in [0, 0.1) is 0 Å². The van der Waals surface area contributed by atoms with Crippen LogP contribution >= 0.6 is 35.3 Å². The van der Waals surface area contributed by atoms with E-state index in [9.17, 15) is 0 Å². The molecular weight excluding hydrogens is 509 g/mol. The summed E-state index contributed by atoms with van der Waals surface area (Å²) in [4.78, 5) is 10.8. The highest BCUT2D eigenvalue weighted by Gasteiger charge is 2.23. The van der Waals surface area contributed by atoms with Crippen molar-refractivity contribution in [2.24, 2.45) is 4.99 Å². The number of ether oxygens (including phenoxy) is 1. The Morgan fingerprint density at radius 3 is 2.67 bits per heavy atom. The lowest BCUT2D eigenvalue weighted by molar-refractivity contribution is 0.0177. The van der Waals surface area contributed by atoms with Gasteiger partial charge in [-0.15, -0.1) is 35.3 Å². The Kier molecular flexibility index (Phi) is 10.9. The van der Waals surface area contributed by atoms with E-state index in [2.05, 4.69) is 83.2 Å². The van der Waals surface area contributed by atoms with Crippen molar-refractivity contribution in [3.63, 3.8) is 0 Å². The predicted molar refractivity (Wildman–Crippen MR) is 138 cm³/mol. The van der Waals surface area contributed by atoms with Gasteiger partial charge in [0.2, 0.25) is 0 Å². The summed E-state index contributed by atoms with van der Waals surface area (Å²) in [6.07, 6.45) is 0. The van der Waals surface area contributed by atoms with Gasteiger partial charge in [-0.3, -0.25) is 4.90 Å². The van der Waals surface area contributed by atoms with E-state index in [4.69, 9.17) is 9.73 Å². The Balaban J connectivity index is 0.00000320. The minimum atomic E-state index is 0. The van der Waals surface area contributed by atoms with E-state index in [1.165, 1.54) is 16.1 Å². The van der Waals surface area contributed by atoms with Crippen LogP contribution in [-0.4, -0.2) is 64.3 Å². The molecule has 3 rings (SSSR count). The van der Waals surface area contributed by atoms with E-state index in [0.717, 1.165) is 45.4 Å². The van der Waals surface area contributed by atoms with Gasteiger partial charge in [0.1, 0.15) is 0 Å². The number of nitrogens with zero attached hydrogens (tertiary/aromatic N) is 3. The molecule has 166 valence electrons. The van der Waals surface area contributed by atoms with Gasteiger partial charge in [-0.1, -0.05) is 18.2 Å². The molecule has 0 amide bonds. The molecule has 1 aromatic heterocycles. The summed E-state index contributed by atoms with van der Waals surface area (Å²) in [6.45, 7) is 7.96. The first kappa shape index (κ1) is 24.9. The third kappa shape index (κ3) is 7.40. The van der Waals surface area contributed by atoms with Crippen LogP contribution in [0.15, 0.2) is 46.8 Å². The highest BCUT2D eigenvalue weighted by molar-refractivity contribution is 14.0. The number of nitrogens with one attached hydrogen (secondary N) is 2. The molecule has 1 aromatic carbocycles.